The highest BCUT2D eigenvalue weighted by Gasteiger charge is 2.44. The Morgan fingerprint density at radius 1 is 1.13 bits per heavy atom. The van der Waals surface area contributed by atoms with Crippen molar-refractivity contribution in [2.75, 3.05) is 12.3 Å². The van der Waals surface area contributed by atoms with Crippen LogP contribution in [0.4, 0.5) is 0 Å². The van der Waals surface area contributed by atoms with Crippen molar-refractivity contribution in [3.63, 3.8) is 0 Å². The van der Waals surface area contributed by atoms with E-state index >= 15 is 0 Å². The molecule has 2 aromatic carbocycles. The predicted octanol–water partition coefficient (Wildman–Crippen LogP) is 4.38. The van der Waals surface area contributed by atoms with Gasteiger partial charge in [-0.1, -0.05) is 68.1 Å². The van der Waals surface area contributed by atoms with Crippen LogP contribution >= 0.6 is 11.8 Å². The number of nitrogens with zero attached hydrogens (tertiary/aromatic N) is 2. The second kappa shape index (κ2) is 9.27. The van der Waals surface area contributed by atoms with Crippen molar-refractivity contribution in [1.29, 1.82) is 0 Å². The Balaban J connectivity index is 1.45. The SMILES string of the molecule is CC(C)CCn1c(SCC(=O)NCC2(c3ccccc3)CC2)nc2ccccc2c1=O. The van der Waals surface area contributed by atoms with E-state index in [-0.39, 0.29) is 22.6 Å². The number of carbonyl (C=O) groups excluding carboxylic acids is 1. The molecule has 1 aliphatic rings. The van der Waals surface area contributed by atoms with Crippen molar-refractivity contribution in [1.82, 2.24) is 14.9 Å². The zero-order chi connectivity index (χ0) is 21.8. The molecule has 0 aliphatic heterocycles. The van der Waals surface area contributed by atoms with Crippen molar-refractivity contribution < 1.29 is 4.79 Å². The van der Waals surface area contributed by atoms with E-state index in [9.17, 15) is 9.59 Å². The van der Waals surface area contributed by atoms with Crippen LogP contribution in [-0.2, 0) is 16.8 Å². The summed E-state index contributed by atoms with van der Waals surface area (Å²) in [6.07, 6.45) is 3.09. The van der Waals surface area contributed by atoms with Gasteiger partial charge in [0, 0.05) is 18.5 Å². The molecule has 0 atom stereocenters. The highest BCUT2D eigenvalue weighted by Crippen LogP contribution is 2.47. The van der Waals surface area contributed by atoms with Crippen LogP contribution in [0.25, 0.3) is 10.9 Å². The van der Waals surface area contributed by atoms with Crippen LogP contribution in [-0.4, -0.2) is 27.8 Å². The number of fused-ring (bicyclic) bond motifs is 1. The lowest BCUT2D eigenvalue weighted by Crippen LogP contribution is -2.33. The van der Waals surface area contributed by atoms with Crippen molar-refractivity contribution in [2.45, 2.75) is 50.2 Å². The highest BCUT2D eigenvalue weighted by atomic mass is 32.2. The number of rotatable bonds is 9. The third-order valence-electron chi connectivity index (χ3n) is 5.95. The minimum absolute atomic E-state index is 0.0231. The Morgan fingerprint density at radius 3 is 2.55 bits per heavy atom. The van der Waals surface area contributed by atoms with Gasteiger partial charge in [0.25, 0.3) is 5.56 Å². The number of para-hydroxylation sites is 1. The van der Waals surface area contributed by atoms with E-state index in [1.807, 2.05) is 30.3 Å². The Hall–Kier alpha value is -2.60. The molecule has 6 heteroatoms. The van der Waals surface area contributed by atoms with Gasteiger partial charge >= 0.3 is 0 Å². The molecule has 31 heavy (non-hydrogen) atoms. The van der Waals surface area contributed by atoms with Crippen LogP contribution in [0.5, 0.6) is 0 Å². The van der Waals surface area contributed by atoms with Gasteiger partial charge in [0.15, 0.2) is 5.16 Å². The summed E-state index contributed by atoms with van der Waals surface area (Å²) in [4.78, 5) is 30.3. The number of thioether (sulfide) groups is 1. The largest absolute Gasteiger partial charge is 0.354 e. The van der Waals surface area contributed by atoms with Gasteiger partial charge in [-0.2, -0.15) is 0 Å². The number of hydrogen-bond acceptors (Lipinski definition) is 4. The van der Waals surface area contributed by atoms with Gasteiger partial charge in [0.1, 0.15) is 0 Å². The molecule has 3 aromatic rings. The van der Waals surface area contributed by atoms with Gasteiger partial charge in [-0.3, -0.25) is 14.2 Å². The molecule has 4 rings (SSSR count). The summed E-state index contributed by atoms with van der Waals surface area (Å²) in [7, 11) is 0. The van der Waals surface area contributed by atoms with Crippen LogP contribution in [0.3, 0.4) is 0 Å². The molecule has 0 spiro atoms. The second-order valence-corrected chi connectivity index (χ2v) is 9.71. The quantitative estimate of drug-likeness (QED) is 0.400. The predicted molar refractivity (Wildman–Crippen MR) is 127 cm³/mol. The summed E-state index contributed by atoms with van der Waals surface area (Å²) >= 11 is 1.34. The summed E-state index contributed by atoms with van der Waals surface area (Å²) in [5.41, 5.74) is 2.02. The summed E-state index contributed by atoms with van der Waals surface area (Å²) in [5, 5.41) is 4.34. The number of carbonyl (C=O) groups is 1. The molecule has 1 aliphatic carbocycles. The van der Waals surface area contributed by atoms with Gasteiger partial charge in [-0.05, 0) is 42.9 Å². The first kappa shape index (κ1) is 21.6. The number of amides is 1. The molecule has 1 saturated carbocycles. The van der Waals surface area contributed by atoms with E-state index in [4.69, 9.17) is 4.98 Å². The molecule has 0 bridgehead atoms. The second-order valence-electron chi connectivity index (χ2n) is 8.76. The molecule has 1 aromatic heterocycles. The number of hydrogen-bond donors (Lipinski definition) is 1. The average molecular weight is 436 g/mol. The fourth-order valence-electron chi connectivity index (χ4n) is 3.80. The fourth-order valence-corrected chi connectivity index (χ4v) is 4.66. The number of aromatic nitrogens is 2. The fraction of sp³-hybridized carbons (Fsp3) is 0.400. The van der Waals surface area contributed by atoms with Gasteiger partial charge in [-0.15, -0.1) is 0 Å². The van der Waals surface area contributed by atoms with Gasteiger partial charge in [0.2, 0.25) is 5.91 Å². The summed E-state index contributed by atoms with van der Waals surface area (Å²) < 4.78 is 1.73. The van der Waals surface area contributed by atoms with Crippen LogP contribution in [0, 0.1) is 5.92 Å². The first-order valence-electron chi connectivity index (χ1n) is 10.9. The highest BCUT2D eigenvalue weighted by molar-refractivity contribution is 7.99. The molecular weight excluding hydrogens is 406 g/mol. The first-order valence-corrected chi connectivity index (χ1v) is 11.9. The maximum absolute atomic E-state index is 13.0. The summed E-state index contributed by atoms with van der Waals surface area (Å²) in [5.74, 6) is 0.703. The van der Waals surface area contributed by atoms with E-state index in [1.165, 1.54) is 17.3 Å². The monoisotopic (exact) mass is 435 g/mol. The normalized spacial score (nSPS) is 14.7. The van der Waals surface area contributed by atoms with Crippen molar-refractivity contribution in [2.24, 2.45) is 5.92 Å². The molecule has 1 N–H and O–H groups in total. The van der Waals surface area contributed by atoms with Gasteiger partial charge in [-0.25, -0.2) is 4.98 Å². The van der Waals surface area contributed by atoms with Crippen LogP contribution in [0.2, 0.25) is 0 Å². The van der Waals surface area contributed by atoms with E-state index in [1.54, 1.807) is 4.57 Å². The van der Waals surface area contributed by atoms with E-state index in [0.717, 1.165) is 19.3 Å². The topological polar surface area (TPSA) is 64.0 Å². The third-order valence-corrected chi connectivity index (χ3v) is 6.93. The van der Waals surface area contributed by atoms with Crippen molar-refractivity contribution in [3.05, 3.63) is 70.5 Å². The molecule has 0 saturated heterocycles. The Kier molecular flexibility index (Phi) is 6.46. The zero-order valence-corrected chi connectivity index (χ0v) is 19.0. The van der Waals surface area contributed by atoms with Gasteiger partial charge < -0.3 is 5.32 Å². The minimum Gasteiger partial charge on any atom is -0.354 e. The van der Waals surface area contributed by atoms with E-state index in [2.05, 4.69) is 43.4 Å². The molecule has 5 nitrogen and oxygen atoms in total. The summed E-state index contributed by atoms with van der Waals surface area (Å²) in [6, 6.07) is 17.8. The van der Waals surface area contributed by atoms with Crippen LogP contribution in [0.1, 0.15) is 38.7 Å². The van der Waals surface area contributed by atoms with Crippen LogP contribution < -0.4 is 10.9 Å². The number of nitrogens with one attached hydrogen (secondary N) is 1. The smallest absolute Gasteiger partial charge is 0.262 e. The lowest BCUT2D eigenvalue weighted by Gasteiger charge is -2.17. The molecule has 1 amide bonds. The Bertz CT molecular complexity index is 1120. The summed E-state index contributed by atoms with van der Waals surface area (Å²) in [6.45, 7) is 5.54. The van der Waals surface area contributed by atoms with E-state index in [0.29, 0.717) is 35.1 Å². The molecule has 0 radical (unpaired) electrons. The first-order chi connectivity index (χ1) is 15.0. The molecule has 162 valence electrons. The standard InChI is InChI=1S/C25H29N3O2S/c1-18(2)12-15-28-23(30)20-10-6-7-11-21(20)27-24(28)31-16-22(29)26-17-25(13-14-25)19-8-4-3-5-9-19/h3-11,18H,12-17H2,1-2H3,(H,26,29). The molecule has 1 heterocycles. The van der Waals surface area contributed by atoms with Crippen molar-refractivity contribution in [3.8, 4) is 0 Å². The Labute approximate surface area is 187 Å². The molecule has 1 fully saturated rings. The zero-order valence-electron chi connectivity index (χ0n) is 18.1. The average Bonchev–Trinajstić information content (AvgIpc) is 3.57. The molecular formula is C25H29N3O2S. The minimum atomic E-state index is -0.0323. The van der Waals surface area contributed by atoms with E-state index < -0.39 is 0 Å². The van der Waals surface area contributed by atoms with Crippen molar-refractivity contribution >= 4 is 28.6 Å². The maximum Gasteiger partial charge on any atom is 0.262 e. The Morgan fingerprint density at radius 2 is 1.84 bits per heavy atom. The van der Waals surface area contributed by atoms with Crippen LogP contribution in [0.15, 0.2) is 64.5 Å². The van der Waals surface area contributed by atoms with Gasteiger partial charge in [0.05, 0.1) is 16.7 Å². The lowest BCUT2D eigenvalue weighted by atomic mass is 9.96. The molecule has 0 unspecified atom stereocenters. The maximum atomic E-state index is 13.0. The number of benzene rings is 2. The third kappa shape index (κ3) is 5.01. The lowest BCUT2D eigenvalue weighted by molar-refractivity contribution is -0.118.